The van der Waals surface area contributed by atoms with Gasteiger partial charge in [0, 0.05) is 0 Å². The molecule has 20 heavy (non-hydrogen) atoms. The molecule has 0 aromatic heterocycles. The van der Waals surface area contributed by atoms with Gasteiger partial charge in [-0.25, -0.2) is 8.42 Å². The molecule has 0 saturated carbocycles. The lowest BCUT2D eigenvalue weighted by Crippen LogP contribution is -2.38. The minimum absolute atomic E-state index is 0.260. The van der Waals surface area contributed by atoms with Crippen molar-refractivity contribution >= 4 is 15.4 Å². The molecule has 1 aromatic carbocycles. The van der Waals surface area contributed by atoms with Crippen molar-refractivity contribution in [3.05, 3.63) is 42.2 Å². The monoisotopic (exact) mass is 294 g/mol. The van der Waals surface area contributed by atoms with Crippen LogP contribution in [0.15, 0.2) is 36.6 Å². The normalized spacial score (nSPS) is 25.6. The summed E-state index contributed by atoms with van der Waals surface area (Å²) in [5, 5.41) is 0. The summed E-state index contributed by atoms with van der Waals surface area (Å²) in [5.74, 6) is 0.297. The number of rotatable bonds is 5. The van der Waals surface area contributed by atoms with E-state index < -0.39 is 14.6 Å². The van der Waals surface area contributed by atoms with E-state index in [1.54, 1.807) is 6.26 Å². The molecule has 110 valence electrons. The minimum Gasteiger partial charge on any atom is -0.499 e. The first kappa shape index (κ1) is 15.1. The van der Waals surface area contributed by atoms with Gasteiger partial charge in [0.1, 0.15) is 11.4 Å². The van der Waals surface area contributed by atoms with Gasteiger partial charge in [-0.15, -0.1) is 0 Å². The van der Waals surface area contributed by atoms with E-state index in [9.17, 15) is 8.42 Å². The van der Waals surface area contributed by atoms with Crippen LogP contribution < -0.4 is 0 Å². The Morgan fingerprint density at radius 1 is 1.35 bits per heavy atom. The molecule has 2 rings (SSSR count). The highest BCUT2D eigenvalue weighted by Crippen LogP contribution is 2.35. The van der Waals surface area contributed by atoms with Crippen molar-refractivity contribution in [1.29, 1.82) is 0 Å². The summed E-state index contributed by atoms with van der Waals surface area (Å²) in [6, 6.07) is 9.94. The van der Waals surface area contributed by atoms with Gasteiger partial charge in [0.25, 0.3) is 0 Å². The van der Waals surface area contributed by atoms with E-state index in [2.05, 4.69) is 0 Å². The van der Waals surface area contributed by atoms with Crippen molar-refractivity contribution in [2.24, 2.45) is 0 Å². The van der Waals surface area contributed by atoms with Crippen LogP contribution in [0, 0.1) is 0 Å². The van der Waals surface area contributed by atoms with Crippen LogP contribution in [0.2, 0.25) is 0 Å². The second-order valence-electron chi connectivity index (χ2n) is 5.44. The summed E-state index contributed by atoms with van der Waals surface area (Å²) in [6.07, 6.45) is 3.76. The maximum atomic E-state index is 12.2. The van der Waals surface area contributed by atoms with Crippen LogP contribution in [0.3, 0.4) is 0 Å². The Morgan fingerprint density at radius 2 is 2.05 bits per heavy atom. The first-order chi connectivity index (χ1) is 9.51. The van der Waals surface area contributed by atoms with E-state index in [-0.39, 0.29) is 6.61 Å². The largest absolute Gasteiger partial charge is 0.499 e. The molecule has 1 aromatic rings. The summed E-state index contributed by atoms with van der Waals surface area (Å²) in [5.41, 5.74) is 2.10. The summed E-state index contributed by atoms with van der Waals surface area (Å²) >= 11 is 0. The number of sulfone groups is 1. The molecule has 0 aliphatic carbocycles. The fourth-order valence-electron chi connectivity index (χ4n) is 2.70. The van der Waals surface area contributed by atoms with Crippen LogP contribution in [0.4, 0.5) is 0 Å². The highest BCUT2D eigenvalue weighted by Gasteiger charge is 2.46. The third-order valence-electron chi connectivity index (χ3n) is 4.19. The van der Waals surface area contributed by atoms with E-state index in [1.807, 2.05) is 44.2 Å². The van der Waals surface area contributed by atoms with Crippen LogP contribution in [0.1, 0.15) is 38.7 Å². The maximum absolute atomic E-state index is 12.2. The second-order valence-corrected chi connectivity index (χ2v) is 7.94. The highest BCUT2D eigenvalue weighted by atomic mass is 32.2. The molecule has 1 unspecified atom stereocenters. The maximum Gasteiger partial charge on any atom is 0.159 e. The fourth-order valence-corrected chi connectivity index (χ4v) is 4.80. The zero-order valence-electron chi connectivity index (χ0n) is 12.1. The summed E-state index contributed by atoms with van der Waals surface area (Å²) in [7, 11) is -3.02. The van der Waals surface area contributed by atoms with E-state index in [0.717, 1.165) is 17.6 Å². The van der Waals surface area contributed by atoms with Gasteiger partial charge >= 0.3 is 0 Å². The molecule has 1 aliphatic heterocycles. The van der Waals surface area contributed by atoms with Gasteiger partial charge < -0.3 is 4.74 Å². The van der Waals surface area contributed by atoms with E-state index >= 15 is 0 Å². The van der Waals surface area contributed by atoms with Gasteiger partial charge in [-0.05, 0) is 37.3 Å². The van der Waals surface area contributed by atoms with Gasteiger partial charge in [0.05, 0.1) is 12.0 Å². The molecular weight excluding hydrogens is 272 g/mol. The number of ether oxygens (including phenoxy) is 1. The Kier molecular flexibility index (Phi) is 4.53. The topological polar surface area (TPSA) is 43.4 Å². The molecule has 1 fully saturated rings. The molecule has 1 saturated heterocycles. The molecule has 1 atom stereocenters. The van der Waals surface area contributed by atoms with E-state index in [0.29, 0.717) is 18.6 Å². The van der Waals surface area contributed by atoms with Crippen molar-refractivity contribution in [1.82, 2.24) is 0 Å². The summed E-state index contributed by atoms with van der Waals surface area (Å²) < 4.78 is 29.3. The molecule has 1 heterocycles. The highest BCUT2D eigenvalue weighted by molar-refractivity contribution is 7.93. The molecule has 4 heteroatoms. The predicted octanol–water partition coefficient (Wildman–Crippen LogP) is 3.42. The van der Waals surface area contributed by atoms with Crippen LogP contribution in [0.25, 0.3) is 5.57 Å². The van der Waals surface area contributed by atoms with Crippen LogP contribution in [0.5, 0.6) is 0 Å². The third kappa shape index (κ3) is 2.90. The molecule has 0 N–H and O–H groups in total. The summed E-state index contributed by atoms with van der Waals surface area (Å²) in [4.78, 5) is 0. The lowest BCUT2D eigenvalue weighted by Gasteiger charge is -2.25. The Balaban J connectivity index is 2.05. The first-order valence-corrected chi connectivity index (χ1v) is 8.72. The Morgan fingerprint density at radius 3 is 2.60 bits per heavy atom. The van der Waals surface area contributed by atoms with E-state index in [4.69, 9.17) is 4.74 Å². The van der Waals surface area contributed by atoms with Crippen LogP contribution in [-0.4, -0.2) is 25.5 Å². The van der Waals surface area contributed by atoms with Gasteiger partial charge in [-0.1, -0.05) is 37.3 Å². The van der Waals surface area contributed by atoms with Crippen LogP contribution >= 0.6 is 0 Å². The smallest absolute Gasteiger partial charge is 0.159 e. The third-order valence-corrected chi connectivity index (χ3v) is 6.94. The fraction of sp³-hybridized carbons (Fsp3) is 0.500. The van der Waals surface area contributed by atoms with Crippen molar-refractivity contribution < 1.29 is 13.2 Å². The SMILES string of the molecule is CCC1(CO/C=C(/C)c2ccccc2)CCCS1(=O)=O. The van der Waals surface area contributed by atoms with E-state index in [1.165, 1.54) is 0 Å². The zero-order valence-corrected chi connectivity index (χ0v) is 12.9. The standard InChI is InChI=1S/C16H22O3S/c1-3-16(10-7-11-20(16,17)18)13-19-12-14(2)15-8-5-4-6-9-15/h4-6,8-9,12H,3,7,10-11,13H2,1-2H3/b14-12-. The minimum atomic E-state index is -3.02. The molecule has 0 amide bonds. The Labute approximate surface area is 121 Å². The number of hydrogen-bond acceptors (Lipinski definition) is 3. The van der Waals surface area contributed by atoms with Crippen molar-refractivity contribution in [2.45, 2.75) is 37.9 Å². The molecular formula is C16H22O3S. The van der Waals surface area contributed by atoms with Gasteiger partial charge in [-0.2, -0.15) is 0 Å². The molecule has 1 aliphatic rings. The predicted molar refractivity (Wildman–Crippen MR) is 82.1 cm³/mol. The quantitative estimate of drug-likeness (QED) is 0.782. The zero-order chi connectivity index (χ0) is 14.6. The van der Waals surface area contributed by atoms with Gasteiger partial charge in [0.2, 0.25) is 0 Å². The number of hydrogen-bond donors (Lipinski definition) is 0. The van der Waals surface area contributed by atoms with Crippen LogP contribution in [-0.2, 0) is 14.6 Å². The first-order valence-electron chi connectivity index (χ1n) is 7.07. The van der Waals surface area contributed by atoms with Gasteiger partial charge in [-0.3, -0.25) is 0 Å². The number of benzene rings is 1. The summed E-state index contributed by atoms with van der Waals surface area (Å²) in [6.45, 7) is 4.16. The Hall–Kier alpha value is -1.29. The average Bonchev–Trinajstić information content (AvgIpc) is 2.75. The van der Waals surface area contributed by atoms with Gasteiger partial charge in [0.15, 0.2) is 9.84 Å². The number of allylic oxidation sites excluding steroid dienone is 1. The van der Waals surface area contributed by atoms with Crippen molar-refractivity contribution in [3.63, 3.8) is 0 Å². The lowest BCUT2D eigenvalue weighted by molar-refractivity contribution is 0.203. The molecule has 3 nitrogen and oxygen atoms in total. The molecule has 0 radical (unpaired) electrons. The molecule has 0 bridgehead atoms. The van der Waals surface area contributed by atoms with Crippen molar-refractivity contribution in [2.75, 3.05) is 12.4 Å². The lowest BCUT2D eigenvalue weighted by atomic mass is 10.0. The van der Waals surface area contributed by atoms with Crippen molar-refractivity contribution in [3.8, 4) is 0 Å². The molecule has 0 spiro atoms. The average molecular weight is 294 g/mol. The second kappa shape index (κ2) is 6.00. The Bertz CT molecular complexity index is 575.